The maximum Gasteiger partial charge on any atom is 0.418 e. The Morgan fingerprint density at radius 3 is 2.60 bits per heavy atom. The number of alkyl halides is 3. The van der Waals surface area contributed by atoms with Gasteiger partial charge in [-0.2, -0.15) is 13.2 Å². The van der Waals surface area contributed by atoms with Crippen LogP contribution in [0.5, 0.6) is 0 Å². The Balaban J connectivity index is 2.32. The van der Waals surface area contributed by atoms with Crippen LogP contribution in [0.3, 0.4) is 0 Å². The number of nitrogens with one attached hydrogen (secondary N) is 1. The number of carbonyl (C=O) groups is 1. The number of aryl methyl sites for hydroxylation is 1. The molecule has 2 rings (SSSR count). The summed E-state index contributed by atoms with van der Waals surface area (Å²) < 4.78 is 43.2. The fourth-order valence-corrected chi connectivity index (χ4v) is 1.56. The Morgan fingerprint density at radius 2 is 2.05 bits per heavy atom. The van der Waals surface area contributed by atoms with Crippen molar-refractivity contribution in [3.63, 3.8) is 0 Å². The summed E-state index contributed by atoms with van der Waals surface area (Å²) in [4.78, 5) is 11.7. The normalized spacial score (nSPS) is 11.4. The van der Waals surface area contributed by atoms with Crippen molar-refractivity contribution in [2.45, 2.75) is 13.1 Å². The standard InChI is InChI=1S/C12H10F3N3O2/c1-6-4-10(20-18-6)11(19)17-9-3-2-7(16)5-8(9)12(13,14)15/h2-5H,16H2,1H3,(H,17,19). The van der Waals surface area contributed by atoms with Gasteiger partial charge in [0.2, 0.25) is 5.76 Å². The Bertz CT molecular complexity index is 650. The zero-order chi connectivity index (χ0) is 14.9. The first kappa shape index (κ1) is 13.9. The Labute approximate surface area is 111 Å². The molecular weight excluding hydrogens is 275 g/mol. The molecule has 8 heteroatoms. The third-order valence-electron chi connectivity index (χ3n) is 2.45. The molecule has 0 aliphatic carbocycles. The van der Waals surface area contributed by atoms with E-state index >= 15 is 0 Å². The highest BCUT2D eigenvalue weighted by atomic mass is 19.4. The van der Waals surface area contributed by atoms with E-state index in [1.165, 1.54) is 12.1 Å². The summed E-state index contributed by atoms with van der Waals surface area (Å²) in [6, 6.07) is 4.41. The summed E-state index contributed by atoms with van der Waals surface area (Å²) in [5.74, 6) is -0.992. The second kappa shape index (κ2) is 4.87. The zero-order valence-corrected chi connectivity index (χ0v) is 10.3. The second-order valence-corrected chi connectivity index (χ2v) is 4.09. The van der Waals surface area contributed by atoms with Crippen LogP contribution in [0.1, 0.15) is 21.8 Å². The summed E-state index contributed by atoms with van der Waals surface area (Å²) in [6.07, 6.45) is -4.63. The van der Waals surface area contributed by atoms with E-state index in [4.69, 9.17) is 5.73 Å². The molecular formula is C12H10F3N3O2. The van der Waals surface area contributed by atoms with E-state index in [-0.39, 0.29) is 11.4 Å². The van der Waals surface area contributed by atoms with Crippen LogP contribution < -0.4 is 11.1 Å². The molecule has 0 aliphatic heterocycles. The van der Waals surface area contributed by atoms with Crippen molar-refractivity contribution < 1.29 is 22.5 Å². The van der Waals surface area contributed by atoms with Gasteiger partial charge < -0.3 is 15.6 Å². The molecule has 5 nitrogen and oxygen atoms in total. The molecule has 0 radical (unpaired) electrons. The molecule has 0 saturated heterocycles. The lowest BCUT2D eigenvalue weighted by atomic mass is 10.1. The highest BCUT2D eigenvalue weighted by Crippen LogP contribution is 2.36. The number of rotatable bonds is 2. The first-order valence-corrected chi connectivity index (χ1v) is 5.49. The molecule has 0 bridgehead atoms. The molecule has 0 unspecified atom stereocenters. The highest BCUT2D eigenvalue weighted by Gasteiger charge is 2.34. The quantitative estimate of drug-likeness (QED) is 0.831. The summed E-state index contributed by atoms with van der Waals surface area (Å²) in [5.41, 5.74) is 4.30. The van der Waals surface area contributed by atoms with Crippen LogP contribution in [-0.4, -0.2) is 11.1 Å². The number of anilines is 2. The van der Waals surface area contributed by atoms with Gasteiger partial charge in [-0.3, -0.25) is 4.79 Å². The number of nitrogen functional groups attached to an aromatic ring is 1. The number of amides is 1. The number of nitrogens with two attached hydrogens (primary N) is 1. The molecule has 0 spiro atoms. The fourth-order valence-electron chi connectivity index (χ4n) is 1.56. The minimum Gasteiger partial charge on any atom is -0.399 e. The number of hydrogen-bond donors (Lipinski definition) is 2. The van der Waals surface area contributed by atoms with Crippen LogP contribution >= 0.6 is 0 Å². The topological polar surface area (TPSA) is 81.2 Å². The summed E-state index contributed by atoms with van der Waals surface area (Å²) >= 11 is 0. The average molecular weight is 285 g/mol. The van der Waals surface area contributed by atoms with Crippen LogP contribution in [-0.2, 0) is 6.18 Å². The van der Waals surface area contributed by atoms with Gasteiger partial charge in [0.05, 0.1) is 16.9 Å². The fraction of sp³-hybridized carbons (Fsp3) is 0.167. The average Bonchev–Trinajstić information content (AvgIpc) is 2.77. The second-order valence-electron chi connectivity index (χ2n) is 4.09. The van der Waals surface area contributed by atoms with Gasteiger partial charge in [-0.25, -0.2) is 0 Å². The number of nitrogens with zero attached hydrogens (tertiary/aromatic N) is 1. The van der Waals surface area contributed by atoms with E-state index < -0.39 is 23.3 Å². The third kappa shape index (κ3) is 2.90. The van der Waals surface area contributed by atoms with Gasteiger partial charge in [0, 0.05) is 11.8 Å². The summed E-state index contributed by atoms with van der Waals surface area (Å²) in [5, 5.41) is 5.61. The molecule has 2 aromatic rings. The lowest BCUT2D eigenvalue weighted by Gasteiger charge is -2.13. The smallest absolute Gasteiger partial charge is 0.399 e. The van der Waals surface area contributed by atoms with Crippen LogP contribution in [0.4, 0.5) is 24.5 Å². The highest BCUT2D eigenvalue weighted by molar-refractivity contribution is 6.02. The molecule has 1 heterocycles. The minimum absolute atomic E-state index is 0.0502. The van der Waals surface area contributed by atoms with Gasteiger partial charge in [-0.1, -0.05) is 5.16 Å². The first-order chi connectivity index (χ1) is 9.27. The number of benzene rings is 1. The molecule has 20 heavy (non-hydrogen) atoms. The summed E-state index contributed by atoms with van der Waals surface area (Å²) in [7, 11) is 0. The van der Waals surface area contributed by atoms with E-state index in [0.717, 1.165) is 12.1 Å². The van der Waals surface area contributed by atoms with Gasteiger partial charge in [0.1, 0.15) is 0 Å². The lowest BCUT2D eigenvalue weighted by molar-refractivity contribution is -0.136. The molecule has 0 atom stereocenters. The van der Waals surface area contributed by atoms with Crippen molar-refractivity contribution in [2.75, 3.05) is 11.1 Å². The predicted octanol–water partition coefficient (Wildman–Crippen LogP) is 2.84. The number of hydrogen-bond acceptors (Lipinski definition) is 4. The molecule has 0 saturated carbocycles. The van der Waals surface area contributed by atoms with Gasteiger partial charge in [0.25, 0.3) is 5.91 Å². The minimum atomic E-state index is -4.63. The molecule has 1 amide bonds. The Kier molecular flexibility index (Phi) is 3.39. The molecule has 1 aromatic heterocycles. The predicted molar refractivity (Wildman–Crippen MR) is 65.0 cm³/mol. The van der Waals surface area contributed by atoms with Crippen LogP contribution in [0.25, 0.3) is 0 Å². The van der Waals surface area contributed by atoms with Crippen LogP contribution in [0, 0.1) is 6.92 Å². The zero-order valence-electron chi connectivity index (χ0n) is 10.3. The van der Waals surface area contributed by atoms with E-state index in [2.05, 4.69) is 15.0 Å². The van der Waals surface area contributed by atoms with Crippen LogP contribution in [0.2, 0.25) is 0 Å². The first-order valence-electron chi connectivity index (χ1n) is 5.49. The molecule has 3 N–H and O–H groups in total. The van der Waals surface area contributed by atoms with E-state index in [1.54, 1.807) is 6.92 Å². The van der Waals surface area contributed by atoms with E-state index in [9.17, 15) is 18.0 Å². The lowest BCUT2D eigenvalue weighted by Crippen LogP contribution is -2.16. The number of aromatic nitrogens is 1. The van der Waals surface area contributed by atoms with Gasteiger partial charge in [-0.05, 0) is 25.1 Å². The van der Waals surface area contributed by atoms with Crippen molar-refractivity contribution in [3.05, 3.63) is 41.3 Å². The molecule has 0 fully saturated rings. The SMILES string of the molecule is Cc1cc(C(=O)Nc2ccc(N)cc2C(F)(F)F)on1. The third-order valence-corrected chi connectivity index (χ3v) is 2.45. The van der Waals surface area contributed by atoms with Crippen molar-refractivity contribution in [3.8, 4) is 0 Å². The number of halogens is 3. The largest absolute Gasteiger partial charge is 0.418 e. The Morgan fingerprint density at radius 1 is 1.35 bits per heavy atom. The van der Waals surface area contributed by atoms with Crippen molar-refractivity contribution in [1.29, 1.82) is 0 Å². The van der Waals surface area contributed by atoms with E-state index in [0.29, 0.717) is 5.69 Å². The van der Waals surface area contributed by atoms with Crippen molar-refractivity contribution in [2.24, 2.45) is 0 Å². The molecule has 106 valence electrons. The van der Waals surface area contributed by atoms with Gasteiger partial charge in [-0.15, -0.1) is 0 Å². The monoisotopic (exact) mass is 285 g/mol. The van der Waals surface area contributed by atoms with Gasteiger partial charge >= 0.3 is 6.18 Å². The van der Waals surface area contributed by atoms with E-state index in [1.807, 2.05) is 0 Å². The number of carbonyl (C=O) groups excluding carboxylic acids is 1. The maximum atomic E-state index is 12.8. The Hall–Kier alpha value is -2.51. The summed E-state index contributed by atoms with van der Waals surface area (Å²) in [6.45, 7) is 1.59. The van der Waals surface area contributed by atoms with Crippen LogP contribution in [0.15, 0.2) is 28.8 Å². The van der Waals surface area contributed by atoms with Gasteiger partial charge in [0.15, 0.2) is 0 Å². The molecule has 1 aromatic carbocycles. The van der Waals surface area contributed by atoms with Crippen molar-refractivity contribution in [1.82, 2.24) is 5.16 Å². The maximum absolute atomic E-state index is 12.8. The molecule has 0 aliphatic rings. The van der Waals surface area contributed by atoms with Crippen molar-refractivity contribution >= 4 is 17.3 Å².